The van der Waals surface area contributed by atoms with Crippen LogP contribution in [0.4, 0.5) is 0 Å². The minimum Gasteiger partial charge on any atom is -0.467 e. The molecule has 4 heteroatoms. The van der Waals surface area contributed by atoms with Crippen LogP contribution in [0, 0.1) is 11.8 Å². The van der Waals surface area contributed by atoms with E-state index in [0.29, 0.717) is 12.5 Å². The van der Waals surface area contributed by atoms with E-state index >= 15 is 0 Å². The number of carbonyl (C=O) groups is 1. The standard InChI is InChI=1S/C17H26N2O2/c1-13-9-10-19(11-14(13)2)12-17(18,16(20)21-3)15-7-5-4-6-8-15/h4-8,13-14H,9-12,18H2,1-3H3. The summed E-state index contributed by atoms with van der Waals surface area (Å²) in [6, 6.07) is 9.52. The van der Waals surface area contributed by atoms with Crippen LogP contribution in [0.5, 0.6) is 0 Å². The van der Waals surface area contributed by atoms with Gasteiger partial charge in [0.1, 0.15) is 0 Å². The van der Waals surface area contributed by atoms with Gasteiger partial charge in [0.15, 0.2) is 5.54 Å². The highest BCUT2D eigenvalue weighted by Gasteiger charge is 2.40. The first-order chi connectivity index (χ1) is 9.97. The van der Waals surface area contributed by atoms with Crippen LogP contribution in [0.25, 0.3) is 0 Å². The van der Waals surface area contributed by atoms with Crippen LogP contribution in [0.15, 0.2) is 30.3 Å². The zero-order chi connectivity index (χ0) is 15.5. The fourth-order valence-corrected chi connectivity index (χ4v) is 3.04. The van der Waals surface area contributed by atoms with Crippen molar-refractivity contribution in [1.29, 1.82) is 0 Å². The normalized spacial score (nSPS) is 26.1. The second kappa shape index (κ2) is 6.58. The van der Waals surface area contributed by atoms with Crippen LogP contribution < -0.4 is 5.73 Å². The summed E-state index contributed by atoms with van der Waals surface area (Å²) in [7, 11) is 1.40. The van der Waals surface area contributed by atoms with E-state index in [2.05, 4.69) is 18.7 Å². The average Bonchev–Trinajstić information content (AvgIpc) is 2.51. The summed E-state index contributed by atoms with van der Waals surface area (Å²) in [5.74, 6) is 0.972. The number of benzene rings is 1. The summed E-state index contributed by atoms with van der Waals surface area (Å²) >= 11 is 0. The fourth-order valence-electron chi connectivity index (χ4n) is 3.04. The first-order valence-corrected chi connectivity index (χ1v) is 7.62. The van der Waals surface area contributed by atoms with Gasteiger partial charge in [0.2, 0.25) is 0 Å². The molecule has 116 valence electrons. The first-order valence-electron chi connectivity index (χ1n) is 7.62. The Bertz CT molecular complexity index is 477. The zero-order valence-electron chi connectivity index (χ0n) is 13.2. The Morgan fingerprint density at radius 1 is 1.33 bits per heavy atom. The molecule has 0 bridgehead atoms. The molecule has 0 radical (unpaired) electrons. The van der Waals surface area contributed by atoms with Gasteiger partial charge in [0, 0.05) is 13.1 Å². The molecule has 0 aliphatic carbocycles. The van der Waals surface area contributed by atoms with E-state index in [0.717, 1.165) is 31.0 Å². The van der Waals surface area contributed by atoms with Gasteiger partial charge in [-0.05, 0) is 30.4 Å². The molecule has 1 aromatic carbocycles. The monoisotopic (exact) mass is 290 g/mol. The number of nitrogens with two attached hydrogens (primary N) is 1. The molecule has 0 spiro atoms. The molecule has 1 heterocycles. The lowest BCUT2D eigenvalue weighted by Gasteiger charge is -2.39. The number of ether oxygens (including phenoxy) is 1. The number of rotatable bonds is 4. The number of likely N-dealkylation sites (tertiary alicyclic amines) is 1. The maximum atomic E-state index is 12.3. The predicted molar refractivity (Wildman–Crippen MR) is 83.7 cm³/mol. The molecule has 0 amide bonds. The molecule has 1 saturated heterocycles. The smallest absolute Gasteiger partial charge is 0.331 e. The summed E-state index contributed by atoms with van der Waals surface area (Å²) in [5.41, 5.74) is 6.18. The van der Waals surface area contributed by atoms with Crippen LogP contribution in [0.2, 0.25) is 0 Å². The fraction of sp³-hybridized carbons (Fsp3) is 0.588. The highest BCUT2D eigenvalue weighted by molar-refractivity contribution is 5.82. The van der Waals surface area contributed by atoms with E-state index in [1.54, 1.807) is 0 Å². The first kappa shape index (κ1) is 16.0. The number of nitrogens with zero attached hydrogens (tertiary/aromatic N) is 1. The van der Waals surface area contributed by atoms with Gasteiger partial charge in [0.25, 0.3) is 0 Å². The third-order valence-corrected chi connectivity index (χ3v) is 4.73. The molecule has 1 aromatic rings. The summed E-state index contributed by atoms with van der Waals surface area (Å²) in [6.45, 7) is 7.00. The molecule has 1 aliphatic heterocycles. The van der Waals surface area contributed by atoms with Crippen molar-refractivity contribution in [2.45, 2.75) is 25.8 Å². The molecule has 4 nitrogen and oxygen atoms in total. The van der Waals surface area contributed by atoms with Gasteiger partial charge < -0.3 is 15.4 Å². The average molecular weight is 290 g/mol. The molecular weight excluding hydrogens is 264 g/mol. The topological polar surface area (TPSA) is 55.6 Å². The van der Waals surface area contributed by atoms with Crippen LogP contribution in [0.3, 0.4) is 0 Å². The number of piperidine rings is 1. The molecule has 3 atom stereocenters. The molecule has 21 heavy (non-hydrogen) atoms. The molecule has 1 aliphatic rings. The second-order valence-electron chi connectivity index (χ2n) is 6.31. The lowest BCUT2D eigenvalue weighted by atomic mass is 9.85. The quantitative estimate of drug-likeness (QED) is 0.862. The Balaban J connectivity index is 2.20. The summed E-state index contributed by atoms with van der Waals surface area (Å²) < 4.78 is 4.97. The van der Waals surface area contributed by atoms with Crippen LogP contribution >= 0.6 is 0 Å². The van der Waals surface area contributed by atoms with Crippen molar-refractivity contribution in [3.8, 4) is 0 Å². The van der Waals surface area contributed by atoms with Crippen molar-refractivity contribution in [3.05, 3.63) is 35.9 Å². The largest absolute Gasteiger partial charge is 0.467 e. The number of carbonyl (C=O) groups excluding carboxylic acids is 1. The van der Waals surface area contributed by atoms with Gasteiger partial charge in [-0.2, -0.15) is 0 Å². The van der Waals surface area contributed by atoms with Crippen molar-refractivity contribution in [2.24, 2.45) is 17.6 Å². The molecule has 2 rings (SSSR count). The Morgan fingerprint density at radius 2 is 2.00 bits per heavy atom. The molecule has 1 fully saturated rings. The SMILES string of the molecule is COC(=O)C(N)(CN1CCC(C)C(C)C1)c1ccccc1. The van der Waals surface area contributed by atoms with E-state index in [1.807, 2.05) is 30.3 Å². The molecule has 2 N–H and O–H groups in total. The van der Waals surface area contributed by atoms with Crippen molar-refractivity contribution < 1.29 is 9.53 Å². The number of hydrogen-bond donors (Lipinski definition) is 1. The molecule has 0 saturated carbocycles. The van der Waals surface area contributed by atoms with Gasteiger partial charge in [-0.3, -0.25) is 0 Å². The van der Waals surface area contributed by atoms with E-state index in [4.69, 9.17) is 10.5 Å². The highest BCUT2D eigenvalue weighted by atomic mass is 16.5. The minimum absolute atomic E-state index is 0.375. The van der Waals surface area contributed by atoms with E-state index in [1.165, 1.54) is 7.11 Å². The molecule has 3 unspecified atom stereocenters. The van der Waals surface area contributed by atoms with Crippen molar-refractivity contribution in [2.75, 3.05) is 26.7 Å². The van der Waals surface area contributed by atoms with Crippen molar-refractivity contribution >= 4 is 5.97 Å². The highest BCUT2D eigenvalue weighted by Crippen LogP contribution is 2.27. The van der Waals surface area contributed by atoms with Gasteiger partial charge in [-0.15, -0.1) is 0 Å². The second-order valence-corrected chi connectivity index (χ2v) is 6.31. The van der Waals surface area contributed by atoms with Crippen molar-refractivity contribution in [3.63, 3.8) is 0 Å². The lowest BCUT2D eigenvalue weighted by molar-refractivity contribution is -0.148. The van der Waals surface area contributed by atoms with Crippen LogP contribution in [-0.2, 0) is 15.1 Å². The third kappa shape index (κ3) is 3.44. The van der Waals surface area contributed by atoms with E-state index in [9.17, 15) is 4.79 Å². The van der Waals surface area contributed by atoms with Gasteiger partial charge in [-0.25, -0.2) is 4.79 Å². The number of esters is 1. The van der Waals surface area contributed by atoms with Crippen molar-refractivity contribution in [1.82, 2.24) is 4.90 Å². The Hall–Kier alpha value is -1.39. The predicted octanol–water partition coefficient (Wildman–Crippen LogP) is 1.99. The van der Waals surface area contributed by atoms with Crippen LogP contribution in [-0.4, -0.2) is 37.6 Å². The van der Waals surface area contributed by atoms with Gasteiger partial charge in [0.05, 0.1) is 7.11 Å². The Kier molecular flexibility index (Phi) is 5.01. The molecule has 0 aromatic heterocycles. The summed E-state index contributed by atoms with van der Waals surface area (Å²) in [4.78, 5) is 14.6. The maximum absolute atomic E-state index is 12.3. The number of hydrogen-bond acceptors (Lipinski definition) is 4. The van der Waals surface area contributed by atoms with E-state index < -0.39 is 5.54 Å². The maximum Gasteiger partial charge on any atom is 0.331 e. The van der Waals surface area contributed by atoms with E-state index in [-0.39, 0.29) is 5.97 Å². The summed E-state index contributed by atoms with van der Waals surface area (Å²) in [5, 5.41) is 0. The van der Waals surface area contributed by atoms with Gasteiger partial charge >= 0.3 is 5.97 Å². The molecular formula is C17H26N2O2. The Morgan fingerprint density at radius 3 is 2.57 bits per heavy atom. The van der Waals surface area contributed by atoms with Gasteiger partial charge in [-0.1, -0.05) is 44.2 Å². The summed E-state index contributed by atoms with van der Waals surface area (Å²) in [6.07, 6.45) is 1.15. The zero-order valence-corrected chi connectivity index (χ0v) is 13.2. The lowest BCUT2D eigenvalue weighted by Crippen LogP contribution is -2.56. The number of methoxy groups -OCH3 is 1. The third-order valence-electron chi connectivity index (χ3n) is 4.73. The minimum atomic E-state index is -1.10. The van der Waals surface area contributed by atoms with Crippen LogP contribution in [0.1, 0.15) is 25.8 Å². The Labute approximate surface area is 127 Å².